The topological polar surface area (TPSA) is 97.0 Å². The Morgan fingerprint density at radius 1 is 1.10 bits per heavy atom. The number of amides is 2. The molecule has 9 nitrogen and oxygen atoms in total. The molecule has 1 aromatic carbocycles. The Morgan fingerprint density at radius 2 is 1.93 bits per heavy atom. The fourth-order valence-electron chi connectivity index (χ4n) is 5.87. The molecule has 2 atom stereocenters. The van der Waals surface area contributed by atoms with Gasteiger partial charge in [0.25, 0.3) is 0 Å². The zero-order valence-corrected chi connectivity index (χ0v) is 23.9. The van der Waals surface area contributed by atoms with Crippen LogP contribution < -0.4 is 0 Å². The van der Waals surface area contributed by atoms with Crippen molar-refractivity contribution in [2.45, 2.75) is 51.8 Å². The maximum atomic E-state index is 13.4. The van der Waals surface area contributed by atoms with Gasteiger partial charge in [-0.2, -0.15) is 0 Å². The van der Waals surface area contributed by atoms with Crippen molar-refractivity contribution in [3.05, 3.63) is 52.3 Å². The number of rotatable bonds is 3. The summed E-state index contributed by atoms with van der Waals surface area (Å²) in [6.07, 6.45) is 4.68. The summed E-state index contributed by atoms with van der Waals surface area (Å²) in [5.74, 6) is 0.0447. The fourth-order valence-corrected chi connectivity index (χ4v) is 6.07. The molecule has 5 heterocycles. The van der Waals surface area contributed by atoms with Gasteiger partial charge in [-0.1, -0.05) is 17.7 Å². The first-order valence-corrected chi connectivity index (χ1v) is 14.3. The molecule has 0 unspecified atom stereocenters. The SMILES string of the molecule is CC(C)(C)OC(=O)N1CCOC[C@H]1c1cc(-c2cnc3[nH]cc(Cl)c3c2)cc2c1CN(C(=O)[C@H]1CCOC1)CC2. The fraction of sp³-hybridized carbons (Fsp3) is 0.500. The number of H-pyrrole nitrogens is 1. The largest absolute Gasteiger partial charge is 0.444 e. The lowest BCUT2D eigenvalue weighted by atomic mass is 9.86. The molecule has 2 aromatic heterocycles. The van der Waals surface area contributed by atoms with Crippen LogP contribution in [0.4, 0.5) is 4.79 Å². The van der Waals surface area contributed by atoms with Crippen molar-refractivity contribution in [1.82, 2.24) is 19.8 Å². The maximum Gasteiger partial charge on any atom is 0.410 e. The molecule has 2 saturated heterocycles. The van der Waals surface area contributed by atoms with Crippen molar-refractivity contribution in [3.63, 3.8) is 0 Å². The van der Waals surface area contributed by atoms with Crippen LogP contribution in [0.15, 0.2) is 30.6 Å². The summed E-state index contributed by atoms with van der Waals surface area (Å²) < 4.78 is 17.2. The number of hydrogen-bond acceptors (Lipinski definition) is 6. The van der Waals surface area contributed by atoms with Crippen LogP contribution in [-0.2, 0) is 32.0 Å². The van der Waals surface area contributed by atoms with Crippen LogP contribution in [0.25, 0.3) is 22.2 Å². The first-order valence-electron chi connectivity index (χ1n) is 13.9. The molecule has 10 heteroatoms. The third-order valence-electron chi connectivity index (χ3n) is 7.90. The van der Waals surface area contributed by atoms with E-state index in [4.69, 9.17) is 25.8 Å². The van der Waals surface area contributed by atoms with E-state index in [2.05, 4.69) is 22.1 Å². The zero-order valence-electron chi connectivity index (χ0n) is 23.2. The molecule has 0 spiro atoms. The number of hydrogen-bond donors (Lipinski definition) is 1. The van der Waals surface area contributed by atoms with E-state index in [0.29, 0.717) is 51.1 Å². The van der Waals surface area contributed by atoms with Gasteiger partial charge in [0.15, 0.2) is 0 Å². The second kappa shape index (κ2) is 10.7. The highest BCUT2D eigenvalue weighted by atomic mass is 35.5. The number of benzene rings is 1. The third-order valence-corrected chi connectivity index (χ3v) is 8.21. The second-order valence-corrected chi connectivity index (χ2v) is 12.2. The van der Waals surface area contributed by atoms with Crippen molar-refractivity contribution >= 4 is 34.6 Å². The summed E-state index contributed by atoms with van der Waals surface area (Å²) >= 11 is 6.41. The predicted molar refractivity (Wildman–Crippen MR) is 151 cm³/mol. The van der Waals surface area contributed by atoms with Gasteiger partial charge < -0.3 is 24.1 Å². The van der Waals surface area contributed by atoms with E-state index in [0.717, 1.165) is 51.7 Å². The minimum absolute atomic E-state index is 0.0931. The highest BCUT2D eigenvalue weighted by molar-refractivity contribution is 6.35. The molecule has 2 fully saturated rings. The molecule has 3 aliphatic rings. The molecule has 0 radical (unpaired) electrons. The number of morpholine rings is 1. The van der Waals surface area contributed by atoms with Crippen LogP contribution in [0, 0.1) is 5.92 Å². The van der Waals surface area contributed by atoms with E-state index in [-0.39, 0.29) is 24.0 Å². The highest BCUT2D eigenvalue weighted by Gasteiger charge is 2.37. The standard InChI is InChI=1S/C30H35ClN4O5/c1-30(2,3)40-29(37)35-7-9-39-17-26(35)22-11-20(21-12-23-25(31)14-33-27(23)32-13-21)10-18-4-6-34(15-24(18)22)28(36)19-5-8-38-16-19/h10-14,19,26H,4-9,15-17H2,1-3H3,(H,32,33)/t19-,26-/m0/s1. The lowest BCUT2D eigenvalue weighted by Crippen LogP contribution is -2.46. The number of aromatic nitrogens is 2. The van der Waals surface area contributed by atoms with Gasteiger partial charge in [-0.3, -0.25) is 9.69 Å². The van der Waals surface area contributed by atoms with Crippen molar-refractivity contribution in [2.75, 3.05) is 39.5 Å². The van der Waals surface area contributed by atoms with Gasteiger partial charge in [0.1, 0.15) is 11.2 Å². The van der Waals surface area contributed by atoms with Crippen molar-refractivity contribution in [2.24, 2.45) is 5.92 Å². The van der Waals surface area contributed by atoms with Crippen LogP contribution in [0.3, 0.4) is 0 Å². The Labute approximate surface area is 238 Å². The number of pyridine rings is 1. The number of halogens is 1. The van der Waals surface area contributed by atoms with Crippen LogP contribution >= 0.6 is 11.6 Å². The Balaban J connectivity index is 1.42. The monoisotopic (exact) mass is 566 g/mol. The maximum absolute atomic E-state index is 13.4. The van der Waals surface area contributed by atoms with E-state index >= 15 is 0 Å². The van der Waals surface area contributed by atoms with Gasteiger partial charge in [0.05, 0.1) is 36.8 Å². The van der Waals surface area contributed by atoms with Gasteiger partial charge in [0.2, 0.25) is 5.91 Å². The van der Waals surface area contributed by atoms with Crippen LogP contribution in [0.5, 0.6) is 0 Å². The molecular formula is C30H35ClN4O5. The van der Waals surface area contributed by atoms with E-state index in [1.54, 1.807) is 11.1 Å². The molecule has 0 bridgehead atoms. The lowest BCUT2D eigenvalue weighted by molar-refractivity contribution is -0.136. The molecule has 40 heavy (non-hydrogen) atoms. The van der Waals surface area contributed by atoms with E-state index in [1.165, 1.54) is 0 Å². The predicted octanol–water partition coefficient (Wildman–Crippen LogP) is 5.11. The summed E-state index contributed by atoms with van der Waals surface area (Å²) in [7, 11) is 0. The van der Waals surface area contributed by atoms with Gasteiger partial charge in [-0.15, -0.1) is 0 Å². The van der Waals surface area contributed by atoms with E-state index in [9.17, 15) is 9.59 Å². The number of fused-ring (bicyclic) bond motifs is 2. The smallest absolute Gasteiger partial charge is 0.410 e. The highest BCUT2D eigenvalue weighted by Crippen LogP contribution is 2.38. The molecular weight excluding hydrogens is 532 g/mol. The Hall–Kier alpha value is -3.14. The van der Waals surface area contributed by atoms with Crippen molar-refractivity contribution in [1.29, 1.82) is 0 Å². The van der Waals surface area contributed by atoms with Crippen molar-refractivity contribution in [3.8, 4) is 11.1 Å². The third kappa shape index (κ3) is 5.30. The van der Waals surface area contributed by atoms with E-state index < -0.39 is 5.60 Å². The Bertz CT molecular complexity index is 1440. The minimum atomic E-state index is -0.620. The summed E-state index contributed by atoms with van der Waals surface area (Å²) in [5.41, 5.74) is 5.23. The number of nitrogens with zero attached hydrogens (tertiary/aromatic N) is 3. The molecule has 2 amide bonds. The van der Waals surface area contributed by atoms with Crippen LogP contribution in [0.1, 0.15) is 49.9 Å². The molecule has 0 aliphatic carbocycles. The Kier molecular flexibility index (Phi) is 7.23. The van der Waals surface area contributed by atoms with E-state index in [1.807, 2.05) is 37.9 Å². The lowest BCUT2D eigenvalue weighted by Gasteiger charge is -2.40. The molecule has 3 aromatic rings. The second-order valence-electron chi connectivity index (χ2n) is 11.8. The summed E-state index contributed by atoms with van der Waals surface area (Å²) in [5, 5.41) is 1.47. The van der Waals surface area contributed by atoms with Gasteiger partial charge >= 0.3 is 6.09 Å². The minimum Gasteiger partial charge on any atom is -0.444 e. The van der Waals surface area contributed by atoms with Gasteiger partial charge in [0, 0.05) is 49.6 Å². The number of ether oxygens (including phenoxy) is 3. The average molecular weight is 567 g/mol. The summed E-state index contributed by atoms with van der Waals surface area (Å²) in [6.45, 7) is 9.06. The van der Waals surface area contributed by atoms with Gasteiger partial charge in [-0.25, -0.2) is 9.78 Å². The molecule has 1 N–H and O–H groups in total. The molecule has 212 valence electrons. The Morgan fingerprint density at radius 3 is 2.70 bits per heavy atom. The van der Waals surface area contributed by atoms with Crippen molar-refractivity contribution < 1.29 is 23.8 Å². The van der Waals surface area contributed by atoms with Crippen LogP contribution in [0.2, 0.25) is 5.02 Å². The van der Waals surface area contributed by atoms with Crippen LogP contribution in [-0.4, -0.2) is 76.9 Å². The first kappa shape index (κ1) is 27.1. The summed E-state index contributed by atoms with van der Waals surface area (Å²) in [4.78, 5) is 38.1. The molecule has 3 aliphatic heterocycles. The normalized spacial score (nSPS) is 21.5. The first-order chi connectivity index (χ1) is 19.2. The van der Waals surface area contributed by atoms with Gasteiger partial charge in [-0.05, 0) is 68.0 Å². The molecule has 6 rings (SSSR count). The quantitative estimate of drug-likeness (QED) is 0.473. The zero-order chi connectivity index (χ0) is 28.0. The number of carbonyl (C=O) groups excluding carboxylic acids is 2. The number of aromatic amines is 1. The molecule has 0 saturated carbocycles. The number of carbonyl (C=O) groups is 2. The number of nitrogens with one attached hydrogen (secondary N) is 1. The average Bonchev–Trinajstić information content (AvgIpc) is 3.61. The summed E-state index contributed by atoms with van der Waals surface area (Å²) in [6, 6.07) is 5.99.